The van der Waals surface area contributed by atoms with Gasteiger partial charge in [-0.15, -0.1) is 11.3 Å². The van der Waals surface area contributed by atoms with Gasteiger partial charge in [0.2, 0.25) is 0 Å². The summed E-state index contributed by atoms with van der Waals surface area (Å²) < 4.78 is 0.687. The lowest BCUT2D eigenvalue weighted by molar-refractivity contribution is 0.0698. The molecule has 0 radical (unpaired) electrons. The Labute approximate surface area is 115 Å². The molecule has 0 spiro atoms. The largest absolute Gasteiger partial charge is 0.478 e. The van der Waals surface area contributed by atoms with Gasteiger partial charge >= 0.3 is 5.97 Å². The molecule has 1 heterocycles. The third-order valence-electron chi connectivity index (χ3n) is 2.12. The summed E-state index contributed by atoms with van der Waals surface area (Å²) in [6.45, 7) is 0. The molecule has 1 aromatic carbocycles. The van der Waals surface area contributed by atoms with Crippen LogP contribution in [0.1, 0.15) is 20.0 Å². The Bertz CT molecular complexity index is 598. The number of aromatic nitrogens is 1. The quantitative estimate of drug-likeness (QED) is 0.908. The zero-order valence-electron chi connectivity index (χ0n) is 8.88. The van der Waals surface area contributed by atoms with Crippen LogP contribution >= 0.6 is 27.3 Å². The van der Waals surface area contributed by atoms with Crippen molar-refractivity contribution in [3.63, 3.8) is 0 Å². The van der Waals surface area contributed by atoms with E-state index in [2.05, 4.69) is 26.2 Å². The summed E-state index contributed by atoms with van der Waals surface area (Å²) in [7, 11) is 0. The van der Waals surface area contributed by atoms with E-state index in [0.29, 0.717) is 9.35 Å². The number of amides is 1. The second-order valence-electron chi connectivity index (χ2n) is 3.31. The molecule has 0 bridgehead atoms. The second kappa shape index (κ2) is 5.28. The summed E-state index contributed by atoms with van der Waals surface area (Å²) in [5.41, 5.74) is 1.82. The SMILES string of the molecule is O=C(Nc1cc(Br)ccc1C(=O)O)c1cncs1. The van der Waals surface area contributed by atoms with Gasteiger partial charge in [-0.3, -0.25) is 9.78 Å². The van der Waals surface area contributed by atoms with Crippen molar-refractivity contribution in [3.8, 4) is 0 Å². The fourth-order valence-corrected chi connectivity index (χ4v) is 2.19. The number of anilines is 1. The highest BCUT2D eigenvalue weighted by atomic mass is 79.9. The van der Waals surface area contributed by atoms with Crippen molar-refractivity contribution in [2.24, 2.45) is 0 Å². The maximum Gasteiger partial charge on any atom is 0.337 e. The Hall–Kier alpha value is -1.73. The molecule has 7 heteroatoms. The lowest BCUT2D eigenvalue weighted by Gasteiger charge is -2.07. The van der Waals surface area contributed by atoms with Crippen LogP contribution in [-0.2, 0) is 0 Å². The van der Waals surface area contributed by atoms with Crippen LogP contribution in [0, 0.1) is 0 Å². The third kappa shape index (κ3) is 2.74. The predicted octanol–water partition coefficient (Wildman–Crippen LogP) is 2.86. The number of aromatic carboxylic acids is 1. The minimum absolute atomic E-state index is 0.0380. The van der Waals surface area contributed by atoms with Crippen molar-refractivity contribution in [3.05, 3.63) is 44.8 Å². The Kier molecular flexibility index (Phi) is 3.73. The number of hydrogen-bond acceptors (Lipinski definition) is 4. The zero-order valence-corrected chi connectivity index (χ0v) is 11.3. The van der Waals surface area contributed by atoms with Crippen molar-refractivity contribution in [2.45, 2.75) is 0 Å². The summed E-state index contributed by atoms with van der Waals surface area (Å²) >= 11 is 4.42. The average molecular weight is 327 g/mol. The first-order valence-corrected chi connectivity index (χ1v) is 6.48. The number of nitrogens with one attached hydrogen (secondary N) is 1. The van der Waals surface area contributed by atoms with Crippen molar-refractivity contribution < 1.29 is 14.7 Å². The lowest BCUT2D eigenvalue weighted by Crippen LogP contribution is -2.13. The number of carbonyl (C=O) groups excluding carboxylic acids is 1. The highest BCUT2D eigenvalue weighted by molar-refractivity contribution is 9.10. The number of carboxylic acids is 1. The average Bonchev–Trinajstić information content (AvgIpc) is 2.81. The van der Waals surface area contributed by atoms with Gasteiger partial charge in [-0.1, -0.05) is 15.9 Å². The van der Waals surface area contributed by atoms with Gasteiger partial charge in [-0.2, -0.15) is 0 Å². The molecule has 0 atom stereocenters. The van der Waals surface area contributed by atoms with Gasteiger partial charge in [-0.05, 0) is 18.2 Å². The molecule has 0 saturated carbocycles. The van der Waals surface area contributed by atoms with E-state index in [1.54, 1.807) is 12.1 Å². The molecule has 1 amide bonds. The molecule has 2 aromatic rings. The number of carboxylic acid groups (broad SMARTS) is 1. The molecule has 2 N–H and O–H groups in total. The first kappa shape index (κ1) is 12.7. The normalized spacial score (nSPS) is 10.1. The Morgan fingerprint density at radius 3 is 2.78 bits per heavy atom. The number of thiazole rings is 1. The number of benzene rings is 1. The summed E-state index contributed by atoms with van der Waals surface area (Å²) in [6.07, 6.45) is 1.43. The molecule has 0 unspecified atom stereocenters. The Morgan fingerprint density at radius 1 is 1.39 bits per heavy atom. The van der Waals surface area contributed by atoms with Crippen LogP contribution in [-0.4, -0.2) is 22.0 Å². The van der Waals surface area contributed by atoms with Gasteiger partial charge in [0, 0.05) is 4.47 Å². The van der Waals surface area contributed by atoms with Gasteiger partial charge in [0.05, 0.1) is 23.0 Å². The molecule has 0 aliphatic rings. The third-order valence-corrected chi connectivity index (χ3v) is 3.38. The maximum absolute atomic E-state index is 11.8. The van der Waals surface area contributed by atoms with Crippen LogP contribution in [0.5, 0.6) is 0 Å². The molecule has 0 aliphatic carbocycles. The molecule has 0 fully saturated rings. The number of nitrogens with zero attached hydrogens (tertiary/aromatic N) is 1. The van der Waals surface area contributed by atoms with Gasteiger partial charge < -0.3 is 10.4 Å². The Balaban J connectivity index is 2.31. The van der Waals surface area contributed by atoms with Crippen LogP contribution in [0.2, 0.25) is 0 Å². The molecule has 5 nitrogen and oxygen atoms in total. The molecule has 92 valence electrons. The van der Waals surface area contributed by atoms with E-state index >= 15 is 0 Å². The van der Waals surface area contributed by atoms with E-state index in [4.69, 9.17) is 5.11 Å². The highest BCUT2D eigenvalue weighted by Gasteiger charge is 2.14. The minimum atomic E-state index is -1.10. The van der Waals surface area contributed by atoms with Gasteiger partial charge in [0.15, 0.2) is 0 Å². The first-order valence-electron chi connectivity index (χ1n) is 4.80. The smallest absolute Gasteiger partial charge is 0.337 e. The van der Waals surface area contributed by atoms with Gasteiger partial charge in [-0.25, -0.2) is 4.79 Å². The van der Waals surface area contributed by atoms with E-state index in [0.717, 1.165) is 0 Å². The zero-order chi connectivity index (χ0) is 13.1. The summed E-state index contributed by atoms with van der Waals surface area (Å²) in [6, 6.07) is 4.57. The van der Waals surface area contributed by atoms with Gasteiger partial charge in [0.1, 0.15) is 4.88 Å². The van der Waals surface area contributed by atoms with E-state index in [9.17, 15) is 9.59 Å². The van der Waals surface area contributed by atoms with Gasteiger partial charge in [0.25, 0.3) is 5.91 Å². The molecular formula is C11H7BrN2O3S. The molecule has 2 rings (SSSR count). The molecule has 0 aliphatic heterocycles. The minimum Gasteiger partial charge on any atom is -0.478 e. The van der Waals surface area contributed by atoms with Crippen molar-refractivity contribution in [1.29, 1.82) is 0 Å². The number of halogens is 1. The molecule has 1 aromatic heterocycles. The number of carbonyl (C=O) groups is 2. The fourth-order valence-electron chi connectivity index (χ4n) is 1.32. The molecule has 18 heavy (non-hydrogen) atoms. The van der Waals surface area contributed by atoms with Crippen LogP contribution in [0.3, 0.4) is 0 Å². The molecule has 0 saturated heterocycles. The summed E-state index contributed by atoms with van der Waals surface area (Å²) in [5, 5.41) is 11.6. The van der Waals surface area contributed by atoms with Crippen LogP contribution in [0.15, 0.2) is 34.4 Å². The van der Waals surface area contributed by atoms with Crippen LogP contribution in [0.4, 0.5) is 5.69 Å². The number of hydrogen-bond donors (Lipinski definition) is 2. The fraction of sp³-hybridized carbons (Fsp3) is 0. The van der Waals surface area contributed by atoms with Crippen molar-refractivity contribution in [1.82, 2.24) is 4.98 Å². The van der Waals surface area contributed by atoms with E-state index < -0.39 is 5.97 Å². The standard InChI is InChI=1S/C11H7BrN2O3S/c12-6-1-2-7(11(16)17)8(3-6)14-10(15)9-4-13-5-18-9/h1-5H,(H,14,15)(H,16,17). The monoisotopic (exact) mass is 326 g/mol. The predicted molar refractivity (Wildman–Crippen MR) is 71.2 cm³/mol. The maximum atomic E-state index is 11.8. The second-order valence-corrected chi connectivity index (χ2v) is 5.12. The lowest BCUT2D eigenvalue weighted by atomic mass is 10.2. The topological polar surface area (TPSA) is 79.3 Å². The van der Waals surface area contributed by atoms with Crippen LogP contribution in [0.25, 0.3) is 0 Å². The van der Waals surface area contributed by atoms with E-state index in [-0.39, 0.29) is 17.2 Å². The summed E-state index contributed by atoms with van der Waals surface area (Å²) in [4.78, 5) is 27.1. The number of rotatable bonds is 3. The first-order chi connectivity index (χ1) is 8.58. The summed E-state index contributed by atoms with van der Waals surface area (Å²) in [5.74, 6) is -1.47. The van der Waals surface area contributed by atoms with Crippen molar-refractivity contribution >= 4 is 44.8 Å². The Morgan fingerprint density at radius 2 is 2.17 bits per heavy atom. The highest BCUT2D eigenvalue weighted by Crippen LogP contribution is 2.22. The molecular weight excluding hydrogens is 320 g/mol. The van der Waals surface area contributed by atoms with Crippen molar-refractivity contribution in [2.75, 3.05) is 5.32 Å². The van der Waals surface area contributed by atoms with E-state index in [1.165, 1.54) is 29.1 Å². The van der Waals surface area contributed by atoms with Crippen LogP contribution < -0.4 is 5.32 Å². The van der Waals surface area contributed by atoms with E-state index in [1.807, 2.05) is 0 Å².